The van der Waals surface area contributed by atoms with Gasteiger partial charge in [0.15, 0.2) is 0 Å². The van der Waals surface area contributed by atoms with Crippen LogP contribution >= 0.6 is 0 Å². The van der Waals surface area contributed by atoms with Crippen LogP contribution in [0.15, 0.2) is 0 Å². The molecule has 0 saturated carbocycles. The van der Waals surface area contributed by atoms with Gasteiger partial charge in [0, 0.05) is 53.6 Å². The molecular formula is C13H28N2O3. The molecule has 1 aliphatic rings. The average Bonchev–Trinajstić information content (AvgIpc) is 2.33. The van der Waals surface area contributed by atoms with Gasteiger partial charge in [-0.3, -0.25) is 4.90 Å². The van der Waals surface area contributed by atoms with Gasteiger partial charge in [-0.25, -0.2) is 0 Å². The first-order chi connectivity index (χ1) is 8.70. The Balaban J connectivity index is 2.13. The Labute approximate surface area is 111 Å². The molecule has 1 rings (SSSR count). The second-order valence-electron chi connectivity index (χ2n) is 5.08. The lowest BCUT2D eigenvalue weighted by Crippen LogP contribution is -2.59. The van der Waals surface area contributed by atoms with E-state index in [1.807, 2.05) is 0 Å². The molecule has 0 aromatic carbocycles. The van der Waals surface area contributed by atoms with E-state index >= 15 is 0 Å². The van der Waals surface area contributed by atoms with Crippen LogP contribution in [0, 0.1) is 0 Å². The summed E-state index contributed by atoms with van der Waals surface area (Å²) in [5.74, 6) is 0. The van der Waals surface area contributed by atoms with E-state index < -0.39 is 0 Å². The normalized spacial score (nSPS) is 18.0. The Morgan fingerprint density at radius 2 is 1.67 bits per heavy atom. The summed E-state index contributed by atoms with van der Waals surface area (Å²) in [7, 11) is 3.48. The highest BCUT2D eigenvalue weighted by Crippen LogP contribution is 2.14. The predicted octanol–water partition coefficient (Wildman–Crippen LogP) is 0.350. The summed E-state index contributed by atoms with van der Waals surface area (Å²) >= 11 is 0. The second-order valence-corrected chi connectivity index (χ2v) is 5.08. The number of hydrogen-bond donors (Lipinski definition) is 1. The van der Waals surface area contributed by atoms with Crippen molar-refractivity contribution in [2.45, 2.75) is 18.9 Å². The molecule has 1 aliphatic heterocycles. The van der Waals surface area contributed by atoms with Gasteiger partial charge in [-0.15, -0.1) is 0 Å². The number of ether oxygens (including phenoxy) is 3. The van der Waals surface area contributed by atoms with Crippen molar-refractivity contribution in [1.29, 1.82) is 0 Å². The van der Waals surface area contributed by atoms with Gasteiger partial charge in [0.05, 0.1) is 18.8 Å². The summed E-state index contributed by atoms with van der Waals surface area (Å²) in [6.07, 6.45) is 1.05. The second kappa shape index (κ2) is 8.82. The molecule has 0 bridgehead atoms. The highest BCUT2D eigenvalue weighted by atomic mass is 16.5. The van der Waals surface area contributed by atoms with Crippen molar-refractivity contribution < 1.29 is 14.2 Å². The number of nitrogens with one attached hydrogen (secondary N) is 1. The molecule has 0 atom stereocenters. The maximum Gasteiger partial charge on any atom is 0.0902 e. The molecule has 108 valence electrons. The number of hydrogen-bond acceptors (Lipinski definition) is 5. The minimum absolute atomic E-state index is 0.0550. The third-order valence-electron chi connectivity index (χ3n) is 3.29. The molecule has 18 heavy (non-hydrogen) atoms. The molecule has 0 spiro atoms. The van der Waals surface area contributed by atoms with Gasteiger partial charge in [-0.05, 0) is 13.3 Å². The van der Waals surface area contributed by atoms with E-state index in [1.54, 1.807) is 14.2 Å². The van der Waals surface area contributed by atoms with Crippen molar-refractivity contribution in [3.8, 4) is 0 Å². The Kier molecular flexibility index (Phi) is 7.77. The zero-order valence-corrected chi connectivity index (χ0v) is 12.0. The highest BCUT2D eigenvalue weighted by Gasteiger charge is 2.32. The van der Waals surface area contributed by atoms with Crippen LogP contribution in [0.5, 0.6) is 0 Å². The molecule has 1 heterocycles. The van der Waals surface area contributed by atoms with Crippen LogP contribution in [0.3, 0.4) is 0 Å². The van der Waals surface area contributed by atoms with Crippen molar-refractivity contribution in [2.75, 3.05) is 66.8 Å². The summed E-state index contributed by atoms with van der Waals surface area (Å²) in [5.41, 5.74) is 0.0550. The maximum atomic E-state index is 5.91. The summed E-state index contributed by atoms with van der Waals surface area (Å²) in [6, 6.07) is 0. The molecule has 0 unspecified atom stereocenters. The molecule has 0 radical (unpaired) electrons. The lowest BCUT2D eigenvalue weighted by Gasteiger charge is -2.39. The summed E-state index contributed by atoms with van der Waals surface area (Å²) in [4.78, 5) is 2.37. The lowest BCUT2D eigenvalue weighted by atomic mass is 10.0. The summed E-state index contributed by atoms with van der Waals surface area (Å²) < 4.78 is 16.1. The van der Waals surface area contributed by atoms with E-state index in [1.165, 1.54) is 0 Å². The minimum Gasteiger partial charge on any atom is -0.385 e. The van der Waals surface area contributed by atoms with Crippen LogP contribution in [0.25, 0.3) is 0 Å². The third kappa shape index (κ3) is 6.11. The lowest BCUT2D eigenvalue weighted by molar-refractivity contribution is -0.0730. The molecule has 1 N–H and O–H groups in total. The van der Waals surface area contributed by atoms with E-state index in [-0.39, 0.29) is 5.60 Å². The van der Waals surface area contributed by atoms with Gasteiger partial charge in [0.1, 0.15) is 0 Å². The fourth-order valence-electron chi connectivity index (χ4n) is 1.99. The van der Waals surface area contributed by atoms with E-state index in [4.69, 9.17) is 14.2 Å². The quantitative estimate of drug-likeness (QED) is 0.543. The van der Waals surface area contributed by atoms with Crippen LogP contribution in [0.2, 0.25) is 0 Å². The Hall–Kier alpha value is -0.200. The van der Waals surface area contributed by atoms with Crippen LogP contribution in [-0.2, 0) is 14.2 Å². The van der Waals surface area contributed by atoms with Crippen LogP contribution in [0.4, 0.5) is 0 Å². The summed E-state index contributed by atoms with van der Waals surface area (Å²) in [5, 5.41) is 3.24. The third-order valence-corrected chi connectivity index (χ3v) is 3.29. The van der Waals surface area contributed by atoms with E-state index in [9.17, 15) is 0 Å². The molecule has 0 aromatic rings. The van der Waals surface area contributed by atoms with Crippen molar-refractivity contribution in [3.63, 3.8) is 0 Å². The summed E-state index contributed by atoms with van der Waals surface area (Å²) in [6.45, 7) is 9.42. The number of rotatable bonds is 11. The molecule has 1 fully saturated rings. The molecule has 1 saturated heterocycles. The van der Waals surface area contributed by atoms with Gasteiger partial charge in [-0.1, -0.05) is 0 Å². The monoisotopic (exact) mass is 260 g/mol. The van der Waals surface area contributed by atoms with Crippen molar-refractivity contribution in [2.24, 2.45) is 0 Å². The van der Waals surface area contributed by atoms with E-state index in [0.29, 0.717) is 0 Å². The Morgan fingerprint density at radius 3 is 2.22 bits per heavy atom. The largest absolute Gasteiger partial charge is 0.385 e. The van der Waals surface area contributed by atoms with Crippen molar-refractivity contribution in [3.05, 3.63) is 0 Å². The average molecular weight is 260 g/mol. The van der Waals surface area contributed by atoms with E-state index in [0.717, 1.165) is 59.0 Å². The zero-order valence-electron chi connectivity index (χ0n) is 12.0. The Bertz CT molecular complexity index is 210. The first-order valence-corrected chi connectivity index (χ1v) is 6.75. The number of nitrogens with zero attached hydrogens (tertiary/aromatic N) is 1. The van der Waals surface area contributed by atoms with Crippen molar-refractivity contribution >= 4 is 0 Å². The smallest absolute Gasteiger partial charge is 0.0902 e. The molecule has 0 aliphatic carbocycles. The Morgan fingerprint density at radius 1 is 1.00 bits per heavy atom. The molecular weight excluding hydrogens is 232 g/mol. The SMILES string of the molecule is COCCCN(CCOC)CCOC1(C)CNC1. The molecule has 5 heteroatoms. The van der Waals surface area contributed by atoms with Gasteiger partial charge in [-0.2, -0.15) is 0 Å². The molecule has 5 nitrogen and oxygen atoms in total. The van der Waals surface area contributed by atoms with Crippen LogP contribution in [-0.4, -0.2) is 77.3 Å². The number of methoxy groups -OCH3 is 2. The zero-order chi connectivity index (χ0) is 13.3. The van der Waals surface area contributed by atoms with E-state index in [2.05, 4.69) is 17.1 Å². The fourth-order valence-corrected chi connectivity index (χ4v) is 1.99. The standard InChI is InChI=1S/C13H28N2O3/c1-13(11-14-12-13)18-10-7-15(6-9-17-3)5-4-8-16-2/h14H,4-12H2,1-3H3. The minimum atomic E-state index is 0.0550. The first-order valence-electron chi connectivity index (χ1n) is 6.75. The van der Waals surface area contributed by atoms with Crippen LogP contribution in [0.1, 0.15) is 13.3 Å². The van der Waals surface area contributed by atoms with Gasteiger partial charge < -0.3 is 19.5 Å². The fraction of sp³-hybridized carbons (Fsp3) is 1.00. The van der Waals surface area contributed by atoms with Crippen molar-refractivity contribution in [1.82, 2.24) is 10.2 Å². The maximum absolute atomic E-state index is 5.91. The topological polar surface area (TPSA) is 43.0 Å². The van der Waals surface area contributed by atoms with Crippen LogP contribution < -0.4 is 5.32 Å². The van der Waals surface area contributed by atoms with Gasteiger partial charge in [0.25, 0.3) is 0 Å². The molecule has 0 aromatic heterocycles. The first kappa shape index (κ1) is 15.9. The predicted molar refractivity (Wildman–Crippen MR) is 72.0 cm³/mol. The highest BCUT2D eigenvalue weighted by molar-refractivity contribution is 4.90. The van der Waals surface area contributed by atoms with Gasteiger partial charge in [0.2, 0.25) is 0 Å². The van der Waals surface area contributed by atoms with Gasteiger partial charge >= 0.3 is 0 Å². The molecule has 0 amide bonds.